The summed E-state index contributed by atoms with van der Waals surface area (Å²) in [5.41, 5.74) is 2.35. The zero-order chi connectivity index (χ0) is 13.7. The lowest BCUT2D eigenvalue weighted by molar-refractivity contribution is 0.188. The van der Waals surface area contributed by atoms with Crippen molar-refractivity contribution in [2.24, 2.45) is 5.92 Å². The average Bonchev–Trinajstić information content (AvgIpc) is 2.75. The highest BCUT2D eigenvalue weighted by atomic mass is 16.5. The Morgan fingerprint density at radius 2 is 2.26 bits per heavy atom. The molecule has 2 aromatic rings. The highest BCUT2D eigenvalue weighted by Crippen LogP contribution is 2.19. The zero-order valence-corrected chi connectivity index (χ0v) is 12.0. The Balaban J connectivity index is 2.18. The topological polar surface area (TPSA) is 39.1 Å². The molecule has 0 aliphatic carbocycles. The first-order valence-electron chi connectivity index (χ1n) is 6.84. The predicted molar refractivity (Wildman–Crippen MR) is 78.2 cm³/mol. The van der Waals surface area contributed by atoms with Crippen molar-refractivity contribution in [1.29, 1.82) is 0 Å². The summed E-state index contributed by atoms with van der Waals surface area (Å²) >= 11 is 0. The minimum Gasteiger partial charge on any atom is -0.383 e. The molecule has 19 heavy (non-hydrogen) atoms. The van der Waals surface area contributed by atoms with E-state index in [1.54, 1.807) is 7.11 Å². The van der Waals surface area contributed by atoms with Crippen molar-refractivity contribution >= 4 is 11.0 Å². The van der Waals surface area contributed by atoms with Crippen molar-refractivity contribution in [3.63, 3.8) is 0 Å². The van der Waals surface area contributed by atoms with Gasteiger partial charge in [0.1, 0.15) is 5.65 Å². The lowest BCUT2D eigenvalue weighted by Gasteiger charge is -2.06. The molecule has 2 heterocycles. The molecule has 104 valence electrons. The molecule has 0 radical (unpaired) electrons. The summed E-state index contributed by atoms with van der Waals surface area (Å²) in [6.45, 7) is 7.91. The van der Waals surface area contributed by atoms with Crippen LogP contribution in [-0.4, -0.2) is 29.8 Å². The Morgan fingerprint density at radius 1 is 1.42 bits per heavy atom. The van der Waals surface area contributed by atoms with Crippen LogP contribution in [0, 0.1) is 5.92 Å². The van der Waals surface area contributed by atoms with Gasteiger partial charge in [0.05, 0.1) is 6.61 Å². The van der Waals surface area contributed by atoms with Crippen LogP contribution in [-0.2, 0) is 17.8 Å². The number of hydrogen-bond donors (Lipinski definition) is 1. The van der Waals surface area contributed by atoms with Crippen LogP contribution in [0.2, 0.25) is 0 Å². The quantitative estimate of drug-likeness (QED) is 0.832. The third-order valence-corrected chi connectivity index (χ3v) is 3.12. The van der Waals surface area contributed by atoms with Gasteiger partial charge in [-0.1, -0.05) is 13.8 Å². The highest BCUT2D eigenvalue weighted by Gasteiger charge is 2.08. The maximum atomic E-state index is 5.15. The summed E-state index contributed by atoms with van der Waals surface area (Å²) in [5, 5.41) is 4.72. The van der Waals surface area contributed by atoms with Crippen LogP contribution in [0.3, 0.4) is 0 Å². The van der Waals surface area contributed by atoms with Gasteiger partial charge in [-0.3, -0.25) is 0 Å². The molecule has 2 rings (SSSR count). The van der Waals surface area contributed by atoms with E-state index in [9.17, 15) is 0 Å². The van der Waals surface area contributed by atoms with Crippen LogP contribution in [0.4, 0.5) is 0 Å². The second-order valence-corrected chi connectivity index (χ2v) is 5.24. The number of methoxy groups -OCH3 is 1. The van der Waals surface area contributed by atoms with Crippen molar-refractivity contribution in [3.8, 4) is 0 Å². The van der Waals surface area contributed by atoms with Gasteiger partial charge in [-0.25, -0.2) is 4.98 Å². The largest absolute Gasteiger partial charge is 0.383 e. The Hall–Kier alpha value is -1.39. The minimum atomic E-state index is 0.667. The highest BCUT2D eigenvalue weighted by molar-refractivity contribution is 5.80. The lowest BCUT2D eigenvalue weighted by atomic mass is 10.2. The summed E-state index contributed by atoms with van der Waals surface area (Å²) in [6, 6.07) is 4.13. The summed E-state index contributed by atoms with van der Waals surface area (Å²) in [4.78, 5) is 4.48. The van der Waals surface area contributed by atoms with Crippen LogP contribution in [0.5, 0.6) is 0 Å². The fourth-order valence-electron chi connectivity index (χ4n) is 2.19. The number of nitrogens with zero attached hydrogens (tertiary/aromatic N) is 2. The zero-order valence-electron chi connectivity index (χ0n) is 12.0. The lowest BCUT2D eigenvalue weighted by Crippen LogP contribution is -2.18. The van der Waals surface area contributed by atoms with Crippen LogP contribution in [0.1, 0.15) is 19.4 Å². The first-order chi connectivity index (χ1) is 9.22. The number of nitrogens with one attached hydrogen (secondary N) is 1. The van der Waals surface area contributed by atoms with Crippen LogP contribution in [0.15, 0.2) is 24.5 Å². The molecule has 0 amide bonds. The molecule has 0 atom stereocenters. The van der Waals surface area contributed by atoms with E-state index in [1.165, 1.54) is 10.9 Å². The van der Waals surface area contributed by atoms with Crippen molar-refractivity contribution in [1.82, 2.24) is 14.9 Å². The van der Waals surface area contributed by atoms with E-state index in [1.807, 2.05) is 12.3 Å². The molecule has 0 aromatic carbocycles. The molecular weight excluding hydrogens is 238 g/mol. The third-order valence-electron chi connectivity index (χ3n) is 3.12. The molecule has 0 spiro atoms. The third kappa shape index (κ3) is 3.55. The normalized spacial score (nSPS) is 11.6. The number of pyridine rings is 1. The minimum absolute atomic E-state index is 0.667. The second-order valence-electron chi connectivity index (χ2n) is 5.24. The van der Waals surface area contributed by atoms with Crippen molar-refractivity contribution < 1.29 is 4.74 Å². The van der Waals surface area contributed by atoms with Gasteiger partial charge in [0, 0.05) is 38.0 Å². The maximum absolute atomic E-state index is 5.15. The molecule has 1 N–H and O–H groups in total. The Bertz CT molecular complexity index is 519. The van der Waals surface area contributed by atoms with Gasteiger partial charge >= 0.3 is 0 Å². The Morgan fingerprint density at radius 3 is 3.00 bits per heavy atom. The van der Waals surface area contributed by atoms with E-state index in [4.69, 9.17) is 4.74 Å². The molecule has 0 aliphatic rings. The van der Waals surface area contributed by atoms with Crippen molar-refractivity contribution in [3.05, 3.63) is 30.1 Å². The van der Waals surface area contributed by atoms with Gasteiger partial charge in [0.15, 0.2) is 0 Å². The number of hydrogen-bond acceptors (Lipinski definition) is 3. The molecule has 4 nitrogen and oxygen atoms in total. The molecule has 0 aliphatic heterocycles. The van der Waals surface area contributed by atoms with Gasteiger partial charge in [-0.15, -0.1) is 0 Å². The summed E-state index contributed by atoms with van der Waals surface area (Å²) < 4.78 is 7.32. The van der Waals surface area contributed by atoms with Crippen LogP contribution < -0.4 is 5.32 Å². The predicted octanol–water partition coefficient (Wildman–Crippen LogP) is 2.43. The monoisotopic (exact) mass is 261 g/mol. The number of ether oxygens (including phenoxy) is 1. The molecule has 2 aromatic heterocycles. The van der Waals surface area contributed by atoms with Crippen LogP contribution in [0.25, 0.3) is 11.0 Å². The molecule has 4 heteroatoms. The van der Waals surface area contributed by atoms with E-state index in [-0.39, 0.29) is 0 Å². The van der Waals surface area contributed by atoms with Crippen LogP contribution >= 0.6 is 0 Å². The van der Waals surface area contributed by atoms with Gasteiger partial charge in [-0.2, -0.15) is 0 Å². The molecule has 0 bridgehead atoms. The van der Waals surface area contributed by atoms with Gasteiger partial charge in [0.2, 0.25) is 0 Å². The Kier molecular flexibility index (Phi) is 4.93. The van der Waals surface area contributed by atoms with E-state index < -0.39 is 0 Å². The SMILES string of the molecule is COCCn1cc(CNCC(C)C)c2cccnc21. The fraction of sp³-hybridized carbons (Fsp3) is 0.533. The maximum Gasteiger partial charge on any atom is 0.140 e. The summed E-state index contributed by atoms with van der Waals surface area (Å²) in [5.74, 6) is 0.667. The van der Waals surface area contributed by atoms with Gasteiger partial charge in [-0.05, 0) is 30.2 Å². The van der Waals surface area contributed by atoms with E-state index >= 15 is 0 Å². The standard InChI is InChI=1S/C15H23N3O/c1-12(2)9-16-10-13-11-18(7-8-19-3)15-14(13)5-4-6-17-15/h4-6,11-12,16H,7-10H2,1-3H3. The van der Waals surface area contributed by atoms with Crippen molar-refractivity contribution in [2.45, 2.75) is 26.9 Å². The fourth-order valence-corrected chi connectivity index (χ4v) is 2.19. The van der Waals surface area contributed by atoms with Gasteiger partial charge < -0.3 is 14.6 Å². The summed E-state index contributed by atoms with van der Waals surface area (Å²) in [7, 11) is 1.73. The Labute approximate surface area is 114 Å². The first kappa shape index (κ1) is 14.0. The number of aromatic nitrogens is 2. The number of rotatable bonds is 7. The first-order valence-corrected chi connectivity index (χ1v) is 6.84. The molecule has 0 unspecified atom stereocenters. The van der Waals surface area contributed by atoms with Crippen molar-refractivity contribution in [2.75, 3.05) is 20.3 Å². The second kappa shape index (κ2) is 6.68. The molecule has 0 saturated heterocycles. The number of fused-ring (bicyclic) bond motifs is 1. The summed E-state index contributed by atoms with van der Waals surface area (Å²) in [6.07, 6.45) is 4.03. The van der Waals surface area contributed by atoms with Gasteiger partial charge in [0.25, 0.3) is 0 Å². The van der Waals surface area contributed by atoms with E-state index in [0.29, 0.717) is 12.5 Å². The van der Waals surface area contributed by atoms with E-state index in [2.05, 4.69) is 41.0 Å². The average molecular weight is 261 g/mol. The van der Waals surface area contributed by atoms with E-state index in [0.717, 1.165) is 25.3 Å². The smallest absolute Gasteiger partial charge is 0.140 e. The molecule has 0 saturated carbocycles. The molecule has 0 fully saturated rings. The molecular formula is C15H23N3O.